The second-order valence-corrected chi connectivity index (χ2v) is 11.5. The van der Waals surface area contributed by atoms with Gasteiger partial charge in [0.05, 0.1) is 43.4 Å². The van der Waals surface area contributed by atoms with E-state index in [9.17, 15) is 14.7 Å². The van der Waals surface area contributed by atoms with E-state index in [0.29, 0.717) is 70.4 Å². The molecule has 4 aromatic carbocycles. The highest BCUT2D eigenvalue weighted by atomic mass is 16.6. The number of carbonyl (C=O) groups excluding carboxylic acids is 1. The molecule has 1 aliphatic rings. The number of carbonyl (C=O) groups is 1. The van der Waals surface area contributed by atoms with Crippen molar-refractivity contribution in [2.24, 2.45) is 7.05 Å². The first-order valence-corrected chi connectivity index (χ1v) is 15.6. The standard InChI is InChI=1S/C38H34N2O8/c1-40-28-13-7-5-10-25(28)35(41)33(37(40)42)32(26-11-8-14-30-36(26)47-20-19-46-30)34-24(23-9-4-6-12-27(23)39-34)17-18-48-38(43)22-15-16-29(44-2)31(21-22)45-3/h4-16,21,32,39,41H,17-20H2,1-3H3. The number of aromatic amines is 1. The summed E-state index contributed by atoms with van der Waals surface area (Å²) in [5.41, 5.74) is 3.76. The predicted octanol–water partition coefficient (Wildman–Crippen LogP) is 6.09. The van der Waals surface area contributed by atoms with E-state index in [-0.39, 0.29) is 23.5 Å². The van der Waals surface area contributed by atoms with Gasteiger partial charge in [-0.2, -0.15) is 0 Å². The Morgan fingerprint density at radius 3 is 2.48 bits per heavy atom. The molecular weight excluding hydrogens is 612 g/mol. The number of nitrogens with one attached hydrogen (secondary N) is 1. The van der Waals surface area contributed by atoms with Gasteiger partial charge in [-0.15, -0.1) is 0 Å². The van der Waals surface area contributed by atoms with Crippen molar-refractivity contribution in [3.05, 3.63) is 123 Å². The topological polar surface area (TPSA) is 121 Å². The molecule has 0 radical (unpaired) electrons. The Morgan fingerprint density at radius 1 is 0.917 bits per heavy atom. The van der Waals surface area contributed by atoms with Crippen LogP contribution in [0.2, 0.25) is 0 Å². The lowest BCUT2D eigenvalue weighted by atomic mass is 9.84. The van der Waals surface area contributed by atoms with Gasteiger partial charge in [-0.3, -0.25) is 4.79 Å². The maximum absolute atomic E-state index is 14.3. The minimum absolute atomic E-state index is 0.0446. The molecule has 0 fully saturated rings. The summed E-state index contributed by atoms with van der Waals surface area (Å²) in [6.07, 6.45) is 0.315. The number of ether oxygens (including phenoxy) is 5. The summed E-state index contributed by atoms with van der Waals surface area (Å²) in [5.74, 6) is 0.561. The average molecular weight is 647 g/mol. The van der Waals surface area contributed by atoms with Crippen LogP contribution in [0.1, 0.15) is 38.7 Å². The van der Waals surface area contributed by atoms with Gasteiger partial charge in [-0.1, -0.05) is 42.5 Å². The lowest BCUT2D eigenvalue weighted by Crippen LogP contribution is -2.26. The van der Waals surface area contributed by atoms with Crippen molar-refractivity contribution in [3.63, 3.8) is 0 Å². The number of pyridine rings is 1. The van der Waals surface area contributed by atoms with Crippen molar-refractivity contribution in [3.8, 4) is 28.7 Å². The molecule has 0 saturated heterocycles. The molecule has 1 atom stereocenters. The minimum Gasteiger partial charge on any atom is -0.507 e. The fraction of sp³-hybridized carbons (Fsp3) is 0.211. The van der Waals surface area contributed by atoms with Gasteiger partial charge < -0.3 is 38.3 Å². The fourth-order valence-corrected chi connectivity index (χ4v) is 6.57. The van der Waals surface area contributed by atoms with Crippen LogP contribution in [0.25, 0.3) is 21.8 Å². The largest absolute Gasteiger partial charge is 0.507 e. The van der Waals surface area contributed by atoms with Crippen molar-refractivity contribution in [1.29, 1.82) is 0 Å². The zero-order chi connectivity index (χ0) is 33.4. The average Bonchev–Trinajstić information content (AvgIpc) is 3.49. The summed E-state index contributed by atoms with van der Waals surface area (Å²) in [6.45, 7) is 0.778. The van der Waals surface area contributed by atoms with E-state index in [1.165, 1.54) is 14.2 Å². The lowest BCUT2D eigenvalue weighted by molar-refractivity contribution is 0.0509. The van der Waals surface area contributed by atoms with Crippen molar-refractivity contribution in [2.45, 2.75) is 12.3 Å². The van der Waals surface area contributed by atoms with Gasteiger partial charge in [0.2, 0.25) is 0 Å². The van der Waals surface area contributed by atoms with E-state index in [2.05, 4.69) is 4.98 Å². The molecule has 0 saturated carbocycles. The molecule has 0 aliphatic carbocycles. The van der Waals surface area contributed by atoms with Crippen LogP contribution < -0.4 is 24.5 Å². The molecule has 3 heterocycles. The molecular formula is C38H34N2O8. The second-order valence-electron chi connectivity index (χ2n) is 11.5. The predicted molar refractivity (Wildman–Crippen MR) is 181 cm³/mol. The van der Waals surface area contributed by atoms with E-state index >= 15 is 0 Å². The Bertz CT molecular complexity index is 2230. The van der Waals surface area contributed by atoms with Gasteiger partial charge >= 0.3 is 5.97 Å². The van der Waals surface area contributed by atoms with Crippen LogP contribution in [-0.2, 0) is 18.2 Å². The molecule has 6 aromatic rings. The number of aromatic hydroxyl groups is 1. The minimum atomic E-state index is -0.797. The van der Waals surface area contributed by atoms with E-state index in [0.717, 1.165) is 16.5 Å². The van der Waals surface area contributed by atoms with Gasteiger partial charge in [0.1, 0.15) is 19.0 Å². The summed E-state index contributed by atoms with van der Waals surface area (Å²) < 4.78 is 30.1. The third-order valence-corrected chi connectivity index (χ3v) is 8.85. The molecule has 0 amide bonds. The Labute approximate surface area is 276 Å². The summed E-state index contributed by atoms with van der Waals surface area (Å²) >= 11 is 0. The van der Waals surface area contributed by atoms with Crippen LogP contribution >= 0.6 is 0 Å². The first-order chi connectivity index (χ1) is 23.4. The van der Waals surface area contributed by atoms with Crippen LogP contribution in [0.15, 0.2) is 89.7 Å². The van der Waals surface area contributed by atoms with Gasteiger partial charge in [0.15, 0.2) is 23.0 Å². The van der Waals surface area contributed by atoms with E-state index in [1.807, 2.05) is 54.6 Å². The van der Waals surface area contributed by atoms with Crippen molar-refractivity contribution in [2.75, 3.05) is 34.0 Å². The van der Waals surface area contributed by atoms with Crippen molar-refractivity contribution in [1.82, 2.24) is 9.55 Å². The molecule has 48 heavy (non-hydrogen) atoms. The van der Waals surface area contributed by atoms with Crippen molar-refractivity contribution >= 4 is 27.8 Å². The summed E-state index contributed by atoms with van der Waals surface area (Å²) in [4.78, 5) is 31.0. The highest BCUT2D eigenvalue weighted by Gasteiger charge is 2.34. The summed E-state index contributed by atoms with van der Waals surface area (Å²) in [6, 6.07) is 25.5. The molecule has 10 heteroatoms. The number of hydrogen-bond acceptors (Lipinski definition) is 8. The number of nitrogens with zero attached hydrogens (tertiary/aromatic N) is 1. The number of rotatable bonds is 9. The molecule has 1 unspecified atom stereocenters. The molecule has 10 nitrogen and oxygen atoms in total. The van der Waals surface area contributed by atoms with Gasteiger partial charge in [0.25, 0.3) is 5.56 Å². The number of fused-ring (bicyclic) bond motifs is 3. The zero-order valence-corrected chi connectivity index (χ0v) is 26.7. The number of para-hydroxylation sites is 3. The highest BCUT2D eigenvalue weighted by molar-refractivity contribution is 5.91. The second kappa shape index (κ2) is 12.7. The third kappa shape index (κ3) is 5.25. The van der Waals surface area contributed by atoms with Gasteiger partial charge in [0, 0.05) is 41.0 Å². The number of esters is 1. The lowest BCUT2D eigenvalue weighted by Gasteiger charge is -2.27. The molecule has 0 bridgehead atoms. The normalized spacial score (nSPS) is 13.0. The first kappa shape index (κ1) is 30.7. The first-order valence-electron chi connectivity index (χ1n) is 15.6. The fourth-order valence-electron chi connectivity index (χ4n) is 6.57. The maximum Gasteiger partial charge on any atom is 0.338 e. The molecule has 244 valence electrons. The molecule has 2 N–H and O–H groups in total. The van der Waals surface area contributed by atoms with Gasteiger partial charge in [-0.05, 0) is 48.0 Å². The smallest absolute Gasteiger partial charge is 0.338 e. The molecule has 7 rings (SSSR count). The van der Waals surface area contributed by atoms with Gasteiger partial charge in [-0.25, -0.2) is 4.79 Å². The zero-order valence-electron chi connectivity index (χ0n) is 26.7. The molecule has 1 aliphatic heterocycles. The number of aromatic nitrogens is 2. The Morgan fingerprint density at radius 2 is 1.67 bits per heavy atom. The van der Waals surface area contributed by atoms with E-state index < -0.39 is 11.9 Å². The number of H-pyrrole nitrogens is 1. The summed E-state index contributed by atoms with van der Waals surface area (Å²) in [5, 5.41) is 13.3. The Kier molecular flexibility index (Phi) is 8.14. The summed E-state index contributed by atoms with van der Waals surface area (Å²) in [7, 11) is 4.73. The van der Waals surface area contributed by atoms with Crippen LogP contribution in [0.5, 0.6) is 28.7 Å². The van der Waals surface area contributed by atoms with Crippen LogP contribution in [0, 0.1) is 0 Å². The van der Waals surface area contributed by atoms with Crippen LogP contribution in [0.4, 0.5) is 0 Å². The monoisotopic (exact) mass is 646 g/mol. The maximum atomic E-state index is 14.3. The third-order valence-electron chi connectivity index (χ3n) is 8.85. The SMILES string of the molecule is COc1ccc(C(=O)OCCc2c(C(c3cccc4c3OCCO4)c3c(O)c4ccccc4n(C)c3=O)[nH]c3ccccc23)cc1OC. The highest BCUT2D eigenvalue weighted by Crippen LogP contribution is 2.47. The molecule has 0 spiro atoms. The quantitative estimate of drug-likeness (QED) is 0.181. The van der Waals surface area contributed by atoms with Crippen molar-refractivity contribution < 1.29 is 33.6 Å². The number of benzene rings is 4. The number of hydrogen-bond donors (Lipinski definition) is 2. The van der Waals surface area contributed by atoms with Crippen LogP contribution in [-0.4, -0.2) is 54.7 Å². The van der Waals surface area contributed by atoms with E-state index in [4.69, 9.17) is 23.7 Å². The van der Waals surface area contributed by atoms with Crippen LogP contribution in [0.3, 0.4) is 0 Å². The Hall–Kier alpha value is -5.90. The Balaban J connectivity index is 1.37. The number of aryl methyl sites for hydroxylation is 1. The molecule has 2 aromatic heterocycles. The number of methoxy groups -OCH3 is 2. The van der Waals surface area contributed by atoms with E-state index in [1.54, 1.807) is 41.9 Å².